The standard InChI is InChI=1S/C24H39NO4/c1-2-3-4-5-6-9-15-22(26)16-10-7-8-11-17-23(27)18-14-19-24(28)29-25-20-12-13-21-25/h6-11,16-17,22-23,26-27H,2-5,12-15,18-21H2,1H3/b8-7+,9-6-,16-10+,17-11-/t22-,23-/m0/s1. The quantitative estimate of drug-likeness (QED) is 0.236. The number of aliphatic hydroxyl groups is 2. The predicted molar refractivity (Wildman–Crippen MR) is 118 cm³/mol. The van der Waals surface area contributed by atoms with Gasteiger partial charge < -0.3 is 15.1 Å². The number of hydrogen-bond acceptors (Lipinski definition) is 5. The monoisotopic (exact) mass is 405 g/mol. The number of hydroxylamine groups is 2. The number of carbonyl (C=O) groups excluding carboxylic acids is 1. The second-order valence-electron chi connectivity index (χ2n) is 7.48. The van der Waals surface area contributed by atoms with Crippen molar-refractivity contribution in [3.63, 3.8) is 0 Å². The second kappa shape index (κ2) is 17.2. The third-order valence-electron chi connectivity index (χ3n) is 4.70. The van der Waals surface area contributed by atoms with Crippen LogP contribution in [0.1, 0.15) is 71.1 Å². The summed E-state index contributed by atoms with van der Waals surface area (Å²) in [5.74, 6) is -0.220. The molecule has 0 radical (unpaired) electrons. The van der Waals surface area contributed by atoms with Crippen molar-refractivity contribution >= 4 is 5.97 Å². The summed E-state index contributed by atoms with van der Waals surface area (Å²) in [6.45, 7) is 3.84. The first-order valence-corrected chi connectivity index (χ1v) is 11.1. The molecule has 0 aromatic heterocycles. The van der Waals surface area contributed by atoms with Crippen LogP contribution in [0.15, 0.2) is 48.6 Å². The minimum atomic E-state index is -0.577. The van der Waals surface area contributed by atoms with Gasteiger partial charge in [-0.05, 0) is 44.9 Å². The molecule has 0 aliphatic carbocycles. The van der Waals surface area contributed by atoms with E-state index >= 15 is 0 Å². The molecule has 1 aliphatic heterocycles. The molecule has 1 saturated heterocycles. The summed E-state index contributed by atoms with van der Waals surface area (Å²) in [6, 6.07) is 0. The zero-order valence-corrected chi connectivity index (χ0v) is 17.9. The van der Waals surface area contributed by atoms with Crippen LogP contribution in [-0.2, 0) is 9.63 Å². The zero-order valence-electron chi connectivity index (χ0n) is 17.9. The van der Waals surface area contributed by atoms with E-state index in [1.807, 2.05) is 18.2 Å². The molecule has 164 valence electrons. The van der Waals surface area contributed by atoms with Gasteiger partial charge in [0.2, 0.25) is 0 Å². The molecule has 2 atom stereocenters. The number of unbranched alkanes of at least 4 members (excludes halogenated alkanes) is 3. The van der Waals surface area contributed by atoms with Crippen LogP contribution in [-0.4, -0.2) is 46.5 Å². The lowest BCUT2D eigenvalue weighted by molar-refractivity contribution is -0.185. The van der Waals surface area contributed by atoms with E-state index in [2.05, 4.69) is 13.0 Å². The first-order valence-electron chi connectivity index (χ1n) is 11.1. The van der Waals surface area contributed by atoms with Crippen LogP contribution in [0, 0.1) is 0 Å². The average Bonchev–Trinajstić information content (AvgIpc) is 3.20. The highest BCUT2D eigenvalue weighted by atomic mass is 16.7. The van der Waals surface area contributed by atoms with E-state index in [1.165, 1.54) is 19.3 Å². The normalized spacial score (nSPS) is 17.9. The lowest BCUT2D eigenvalue weighted by Crippen LogP contribution is -2.24. The van der Waals surface area contributed by atoms with E-state index in [4.69, 9.17) is 4.84 Å². The highest BCUT2D eigenvalue weighted by Gasteiger charge is 2.16. The fraction of sp³-hybridized carbons (Fsp3) is 0.625. The van der Waals surface area contributed by atoms with Crippen molar-refractivity contribution in [1.82, 2.24) is 5.06 Å². The number of allylic oxidation sites excluding steroid dienone is 5. The molecule has 5 nitrogen and oxygen atoms in total. The third-order valence-corrected chi connectivity index (χ3v) is 4.70. The molecule has 1 heterocycles. The molecular weight excluding hydrogens is 366 g/mol. The maximum absolute atomic E-state index is 11.7. The fourth-order valence-electron chi connectivity index (χ4n) is 2.98. The Morgan fingerprint density at radius 2 is 1.66 bits per heavy atom. The molecule has 0 aromatic carbocycles. The Labute approximate surface area is 176 Å². The smallest absolute Gasteiger partial charge is 0.325 e. The Balaban J connectivity index is 2.07. The molecule has 0 bridgehead atoms. The van der Waals surface area contributed by atoms with Crippen molar-refractivity contribution in [2.75, 3.05) is 13.1 Å². The average molecular weight is 406 g/mol. The molecule has 0 amide bonds. The summed E-state index contributed by atoms with van der Waals surface area (Å²) in [5.41, 5.74) is 0. The van der Waals surface area contributed by atoms with Crippen molar-refractivity contribution in [3.8, 4) is 0 Å². The first-order chi connectivity index (χ1) is 14.1. The molecule has 1 rings (SSSR count). The topological polar surface area (TPSA) is 70.0 Å². The number of hydrogen-bond donors (Lipinski definition) is 2. The van der Waals surface area contributed by atoms with Gasteiger partial charge in [-0.25, -0.2) is 0 Å². The maximum Gasteiger partial charge on any atom is 0.325 e. The summed E-state index contributed by atoms with van der Waals surface area (Å²) in [6.07, 6.45) is 22.8. The minimum Gasteiger partial charge on any atom is -0.389 e. The molecule has 1 aliphatic rings. The maximum atomic E-state index is 11.7. The van der Waals surface area contributed by atoms with Crippen LogP contribution < -0.4 is 0 Å². The van der Waals surface area contributed by atoms with Crippen molar-refractivity contribution in [2.24, 2.45) is 0 Å². The molecule has 2 N–H and O–H groups in total. The van der Waals surface area contributed by atoms with Crippen LogP contribution in [0.4, 0.5) is 0 Å². The molecule has 0 unspecified atom stereocenters. The van der Waals surface area contributed by atoms with Crippen molar-refractivity contribution in [3.05, 3.63) is 48.6 Å². The van der Waals surface area contributed by atoms with Gasteiger partial charge in [0.1, 0.15) is 0 Å². The number of nitrogens with zero attached hydrogens (tertiary/aromatic N) is 1. The number of rotatable bonds is 15. The van der Waals surface area contributed by atoms with Gasteiger partial charge >= 0.3 is 5.97 Å². The van der Waals surface area contributed by atoms with Crippen LogP contribution in [0.25, 0.3) is 0 Å². The summed E-state index contributed by atoms with van der Waals surface area (Å²) >= 11 is 0. The summed E-state index contributed by atoms with van der Waals surface area (Å²) in [5, 5.41) is 21.5. The summed E-state index contributed by atoms with van der Waals surface area (Å²) in [7, 11) is 0. The lowest BCUT2D eigenvalue weighted by atomic mass is 10.1. The van der Waals surface area contributed by atoms with E-state index in [9.17, 15) is 15.0 Å². The van der Waals surface area contributed by atoms with E-state index in [-0.39, 0.29) is 5.97 Å². The van der Waals surface area contributed by atoms with Gasteiger partial charge in [-0.2, -0.15) is 0 Å². The van der Waals surface area contributed by atoms with Gasteiger partial charge in [0.15, 0.2) is 0 Å². The minimum absolute atomic E-state index is 0.220. The number of aliphatic hydroxyl groups excluding tert-OH is 2. The predicted octanol–water partition coefficient (Wildman–Crippen LogP) is 4.63. The largest absolute Gasteiger partial charge is 0.389 e. The van der Waals surface area contributed by atoms with E-state index in [0.29, 0.717) is 25.7 Å². The molecular formula is C24H39NO4. The van der Waals surface area contributed by atoms with E-state index in [0.717, 1.165) is 32.4 Å². The van der Waals surface area contributed by atoms with Crippen molar-refractivity contribution in [2.45, 2.75) is 83.3 Å². The van der Waals surface area contributed by atoms with Crippen LogP contribution in [0.5, 0.6) is 0 Å². The van der Waals surface area contributed by atoms with Crippen molar-refractivity contribution in [1.29, 1.82) is 0 Å². The summed E-state index contributed by atoms with van der Waals surface area (Å²) < 4.78 is 0. The molecule has 5 heteroatoms. The van der Waals surface area contributed by atoms with Crippen LogP contribution in [0.2, 0.25) is 0 Å². The third kappa shape index (κ3) is 14.9. The lowest BCUT2D eigenvalue weighted by Gasteiger charge is -2.14. The Morgan fingerprint density at radius 1 is 0.966 bits per heavy atom. The molecule has 0 aromatic rings. The van der Waals surface area contributed by atoms with Crippen LogP contribution >= 0.6 is 0 Å². The molecule has 0 saturated carbocycles. The summed E-state index contributed by atoms with van der Waals surface area (Å²) in [4.78, 5) is 16.9. The van der Waals surface area contributed by atoms with Gasteiger partial charge in [-0.15, -0.1) is 5.06 Å². The highest BCUT2D eigenvalue weighted by molar-refractivity contribution is 5.68. The molecule has 1 fully saturated rings. The Kier molecular flexibility index (Phi) is 15.0. The SMILES string of the molecule is CCCCC/C=C\C[C@H](O)/C=C/C=C/C=C\[C@H](O)CCCC(=O)ON1CCCC1. The Hall–Kier alpha value is -1.69. The Morgan fingerprint density at radius 3 is 2.34 bits per heavy atom. The van der Waals surface area contributed by atoms with Gasteiger partial charge in [0.05, 0.1) is 12.2 Å². The van der Waals surface area contributed by atoms with Gasteiger partial charge in [-0.1, -0.05) is 68.4 Å². The zero-order chi connectivity index (χ0) is 21.2. The fourth-order valence-corrected chi connectivity index (χ4v) is 2.98. The van der Waals surface area contributed by atoms with E-state index in [1.54, 1.807) is 29.4 Å². The molecule has 0 spiro atoms. The second-order valence-corrected chi connectivity index (χ2v) is 7.48. The van der Waals surface area contributed by atoms with Gasteiger partial charge in [-0.3, -0.25) is 4.79 Å². The highest BCUT2D eigenvalue weighted by Crippen LogP contribution is 2.10. The van der Waals surface area contributed by atoms with E-state index < -0.39 is 12.2 Å². The number of carbonyl (C=O) groups is 1. The van der Waals surface area contributed by atoms with Crippen molar-refractivity contribution < 1.29 is 19.8 Å². The van der Waals surface area contributed by atoms with Gasteiger partial charge in [0.25, 0.3) is 0 Å². The molecule has 29 heavy (non-hydrogen) atoms. The van der Waals surface area contributed by atoms with Crippen LogP contribution in [0.3, 0.4) is 0 Å². The van der Waals surface area contributed by atoms with Gasteiger partial charge in [0, 0.05) is 19.5 Å². The Bertz CT molecular complexity index is 533. The first kappa shape index (κ1) is 25.3.